The number of nitrogens with zero attached hydrogens (tertiary/aromatic N) is 1. The molecular weight excluding hydrogens is 185 g/mol. The highest BCUT2D eigenvalue weighted by molar-refractivity contribution is 5.83. The van der Waals surface area contributed by atoms with Crippen LogP contribution >= 0.6 is 0 Å². The van der Waals surface area contributed by atoms with Gasteiger partial charge >= 0.3 is 6.18 Å². The molecule has 1 aliphatic rings. The van der Waals surface area contributed by atoms with Crippen molar-refractivity contribution in [1.29, 1.82) is 5.26 Å². The smallest absolute Gasteiger partial charge is 0.332 e. The van der Waals surface area contributed by atoms with E-state index >= 15 is 0 Å². The van der Waals surface area contributed by atoms with Gasteiger partial charge in [0.15, 0.2) is 0 Å². The molecular formula is C7H5F3N2O. The minimum atomic E-state index is -4.55. The Kier molecular flexibility index (Phi) is 2.28. The molecule has 1 rings (SSSR count). The zero-order valence-corrected chi connectivity index (χ0v) is 6.30. The van der Waals surface area contributed by atoms with E-state index in [0.29, 0.717) is 0 Å². The maximum atomic E-state index is 12.2. The second-order valence-corrected chi connectivity index (χ2v) is 2.54. The van der Waals surface area contributed by atoms with Gasteiger partial charge in [-0.05, 0) is 0 Å². The summed E-state index contributed by atoms with van der Waals surface area (Å²) in [6.45, 7) is 0. The van der Waals surface area contributed by atoms with Gasteiger partial charge in [-0.25, -0.2) is 0 Å². The summed E-state index contributed by atoms with van der Waals surface area (Å²) >= 11 is 0. The summed E-state index contributed by atoms with van der Waals surface area (Å²) in [5.41, 5.74) is 0. The lowest BCUT2D eigenvalue weighted by Gasteiger charge is -2.23. The van der Waals surface area contributed by atoms with E-state index in [1.165, 1.54) is 6.07 Å². The fraction of sp³-hybridized carbons (Fsp3) is 0.429. The maximum absolute atomic E-state index is 12.2. The quantitative estimate of drug-likeness (QED) is 0.618. The van der Waals surface area contributed by atoms with Gasteiger partial charge in [0.05, 0.1) is 12.0 Å². The van der Waals surface area contributed by atoms with Gasteiger partial charge in [0, 0.05) is 6.20 Å². The van der Waals surface area contributed by atoms with Gasteiger partial charge in [-0.15, -0.1) is 0 Å². The van der Waals surface area contributed by atoms with Gasteiger partial charge in [0.25, 0.3) is 0 Å². The molecule has 2 unspecified atom stereocenters. The van der Waals surface area contributed by atoms with Crippen LogP contribution in [0.15, 0.2) is 12.3 Å². The largest absolute Gasteiger partial charge is 0.397 e. The van der Waals surface area contributed by atoms with Gasteiger partial charge in [0.1, 0.15) is 5.92 Å². The Bertz CT molecular complexity index is 289. The molecule has 1 N–H and O–H groups in total. The van der Waals surface area contributed by atoms with Crippen molar-refractivity contribution in [3.8, 4) is 6.07 Å². The Morgan fingerprint density at radius 1 is 1.54 bits per heavy atom. The number of carbonyl (C=O) groups excluding carboxylic acids is 1. The van der Waals surface area contributed by atoms with Crippen LogP contribution in [0.1, 0.15) is 0 Å². The number of amides is 1. The van der Waals surface area contributed by atoms with Crippen LogP contribution in [0, 0.1) is 23.2 Å². The van der Waals surface area contributed by atoms with Crippen LogP contribution in [-0.4, -0.2) is 12.1 Å². The maximum Gasteiger partial charge on any atom is 0.397 e. The fourth-order valence-electron chi connectivity index (χ4n) is 1.03. The monoisotopic (exact) mass is 190 g/mol. The van der Waals surface area contributed by atoms with Crippen LogP contribution < -0.4 is 5.32 Å². The molecule has 2 atom stereocenters. The molecule has 1 amide bonds. The molecule has 13 heavy (non-hydrogen) atoms. The highest BCUT2D eigenvalue weighted by Crippen LogP contribution is 2.34. The van der Waals surface area contributed by atoms with Crippen LogP contribution in [0.3, 0.4) is 0 Å². The van der Waals surface area contributed by atoms with Crippen LogP contribution in [0.4, 0.5) is 13.2 Å². The first-order valence-electron chi connectivity index (χ1n) is 3.40. The molecule has 0 spiro atoms. The van der Waals surface area contributed by atoms with Crippen molar-refractivity contribution in [2.45, 2.75) is 6.18 Å². The number of allylic oxidation sites excluding steroid dienone is 1. The third-order valence-electron chi connectivity index (χ3n) is 1.69. The molecule has 0 radical (unpaired) electrons. The summed E-state index contributed by atoms with van der Waals surface area (Å²) < 4.78 is 36.5. The lowest BCUT2D eigenvalue weighted by molar-refractivity contribution is -0.175. The average molecular weight is 190 g/mol. The van der Waals surface area contributed by atoms with Crippen LogP contribution in [0.25, 0.3) is 0 Å². The molecule has 3 nitrogen and oxygen atoms in total. The first-order valence-corrected chi connectivity index (χ1v) is 3.40. The Morgan fingerprint density at radius 2 is 2.15 bits per heavy atom. The molecule has 0 aromatic carbocycles. The second-order valence-electron chi connectivity index (χ2n) is 2.54. The number of hydrogen-bond donors (Lipinski definition) is 1. The summed E-state index contributed by atoms with van der Waals surface area (Å²) in [4.78, 5) is 10.8. The fourth-order valence-corrected chi connectivity index (χ4v) is 1.03. The Hall–Kier alpha value is -1.51. The molecule has 0 bridgehead atoms. The molecule has 0 aromatic heterocycles. The van der Waals surface area contributed by atoms with Crippen molar-refractivity contribution >= 4 is 5.91 Å². The van der Waals surface area contributed by atoms with E-state index in [0.717, 1.165) is 12.3 Å². The Labute approximate surface area is 71.8 Å². The zero-order chi connectivity index (χ0) is 10.1. The molecule has 70 valence electrons. The van der Waals surface area contributed by atoms with E-state index in [2.05, 4.69) is 0 Å². The van der Waals surface area contributed by atoms with Crippen molar-refractivity contribution in [3.05, 3.63) is 12.3 Å². The van der Waals surface area contributed by atoms with Crippen molar-refractivity contribution in [2.75, 3.05) is 0 Å². The van der Waals surface area contributed by atoms with Crippen LogP contribution in [0.5, 0.6) is 0 Å². The SMILES string of the molecule is N#CC1C(=O)NC=CC1C(F)(F)F. The molecule has 0 aliphatic carbocycles. The number of carbonyl (C=O) groups is 1. The van der Waals surface area contributed by atoms with E-state index in [4.69, 9.17) is 5.26 Å². The molecule has 0 saturated heterocycles. The highest BCUT2D eigenvalue weighted by Gasteiger charge is 2.47. The standard InChI is InChI=1S/C7H5F3N2O/c8-7(9,10)5-1-2-12-6(13)4(5)3-11/h1-2,4-5H,(H,12,13). The van der Waals surface area contributed by atoms with Crippen LogP contribution in [0.2, 0.25) is 0 Å². The first kappa shape index (κ1) is 9.58. The topological polar surface area (TPSA) is 52.9 Å². The highest BCUT2D eigenvalue weighted by atomic mass is 19.4. The molecule has 1 heterocycles. The summed E-state index contributed by atoms with van der Waals surface area (Å²) in [7, 11) is 0. The van der Waals surface area contributed by atoms with Gasteiger partial charge in [-0.1, -0.05) is 6.08 Å². The number of nitriles is 1. The van der Waals surface area contributed by atoms with E-state index < -0.39 is 23.9 Å². The van der Waals surface area contributed by atoms with Crippen molar-refractivity contribution in [2.24, 2.45) is 11.8 Å². The first-order chi connectivity index (χ1) is 5.96. The number of rotatable bonds is 0. The summed E-state index contributed by atoms with van der Waals surface area (Å²) in [6, 6.07) is 1.33. The predicted molar refractivity (Wildman–Crippen MR) is 35.9 cm³/mol. The molecule has 0 aromatic rings. The van der Waals surface area contributed by atoms with E-state index in [-0.39, 0.29) is 0 Å². The minimum Gasteiger partial charge on any atom is -0.332 e. The Morgan fingerprint density at radius 3 is 2.54 bits per heavy atom. The van der Waals surface area contributed by atoms with E-state index in [1.807, 2.05) is 5.32 Å². The number of nitrogens with one attached hydrogen (secondary N) is 1. The molecule has 6 heteroatoms. The predicted octanol–water partition coefficient (Wildman–Crippen LogP) is 0.948. The average Bonchev–Trinajstić information content (AvgIpc) is 2.02. The summed E-state index contributed by atoms with van der Waals surface area (Å²) in [6.07, 6.45) is -2.86. The summed E-state index contributed by atoms with van der Waals surface area (Å²) in [5.74, 6) is -4.58. The van der Waals surface area contributed by atoms with Crippen molar-refractivity contribution in [1.82, 2.24) is 5.32 Å². The van der Waals surface area contributed by atoms with E-state index in [9.17, 15) is 18.0 Å². The number of alkyl halides is 3. The lowest BCUT2D eigenvalue weighted by Crippen LogP contribution is -2.41. The van der Waals surface area contributed by atoms with Gasteiger partial charge in [0.2, 0.25) is 5.91 Å². The zero-order valence-electron chi connectivity index (χ0n) is 6.30. The second kappa shape index (κ2) is 3.09. The van der Waals surface area contributed by atoms with Gasteiger partial charge < -0.3 is 5.32 Å². The van der Waals surface area contributed by atoms with Gasteiger partial charge in [-0.2, -0.15) is 18.4 Å². The van der Waals surface area contributed by atoms with Gasteiger partial charge in [-0.3, -0.25) is 4.79 Å². The number of hydrogen-bond acceptors (Lipinski definition) is 2. The third-order valence-corrected chi connectivity index (χ3v) is 1.69. The molecule has 0 saturated carbocycles. The lowest BCUT2D eigenvalue weighted by atomic mass is 9.90. The summed E-state index contributed by atoms with van der Waals surface area (Å²) in [5, 5.41) is 10.4. The number of halogens is 3. The Balaban J connectivity index is 2.96. The minimum absolute atomic E-state index is 0.773. The molecule has 1 aliphatic heterocycles. The molecule has 0 fully saturated rings. The van der Waals surface area contributed by atoms with E-state index in [1.54, 1.807) is 0 Å². The third kappa shape index (κ3) is 1.80. The van der Waals surface area contributed by atoms with Crippen molar-refractivity contribution in [3.63, 3.8) is 0 Å². The van der Waals surface area contributed by atoms with Crippen LogP contribution in [-0.2, 0) is 4.79 Å². The normalized spacial score (nSPS) is 28.0. The van der Waals surface area contributed by atoms with Crippen molar-refractivity contribution < 1.29 is 18.0 Å².